The summed E-state index contributed by atoms with van der Waals surface area (Å²) >= 11 is 0. The van der Waals surface area contributed by atoms with Gasteiger partial charge in [-0.15, -0.1) is 0 Å². The Bertz CT molecular complexity index is 552. The minimum absolute atomic E-state index is 0.103. The summed E-state index contributed by atoms with van der Waals surface area (Å²) in [5.74, 6) is -0.441. The van der Waals surface area contributed by atoms with Gasteiger partial charge in [-0.3, -0.25) is 0 Å². The first kappa shape index (κ1) is 11.2. The highest BCUT2D eigenvalue weighted by Gasteiger charge is 2.46. The summed E-state index contributed by atoms with van der Waals surface area (Å²) in [7, 11) is 0. The molecule has 1 N–H and O–H groups in total. The van der Waals surface area contributed by atoms with Crippen LogP contribution in [-0.4, -0.2) is 33.8 Å². The van der Waals surface area contributed by atoms with Gasteiger partial charge in [0.1, 0.15) is 5.82 Å². The molecule has 0 amide bonds. The topological polar surface area (TPSA) is 88.1 Å². The Labute approximate surface area is 104 Å². The molecule has 1 aromatic heterocycles. The van der Waals surface area contributed by atoms with Crippen LogP contribution in [-0.2, 0) is 23.1 Å². The normalized spacial score (nSPS) is 20.6. The third-order valence-electron chi connectivity index (χ3n) is 3.66. The van der Waals surface area contributed by atoms with Gasteiger partial charge in [-0.25, -0.2) is 9.78 Å². The number of fused-ring (bicyclic) bond motifs is 1. The van der Waals surface area contributed by atoms with Crippen LogP contribution in [0.15, 0.2) is 0 Å². The van der Waals surface area contributed by atoms with Gasteiger partial charge in [0.2, 0.25) is 0 Å². The van der Waals surface area contributed by atoms with E-state index in [9.17, 15) is 15.2 Å². The van der Waals surface area contributed by atoms with E-state index in [1.54, 1.807) is 0 Å². The van der Waals surface area contributed by atoms with E-state index in [2.05, 4.69) is 11.1 Å². The molecule has 6 nitrogen and oxygen atoms in total. The molecule has 94 valence electrons. The third-order valence-corrected chi connectivity index (χ3v) is 3.66. The summed E-state index contributed by atoms with van der Waals surface area (Å²) in [5, 5.41) is 18.5. The van der Waals surface area contributed by atoms with E-state index in [4.69, 9.17) is 4.74 Å². The summed E-state index contributed by atoms with van der Waals surface area (Å²) in [6.07, 6.45) is 2.69. The number of hydrogen-bond acceptors (Lipinski definition) is 4. The van der Waals surface area contributed by atoms with Crippen LogP contribution in [0.3, 0.4) is 0 Å². The number of carbonyl (C=O) groups is 1. The van der Waals surface area contributed by atoms with Crippen molar-refractivity contribution in [1.29, 1.82) is 5.26 Å². The lowest BCUT2D eigenvalue weighted by atomic mass is 9.86. The molecule has 1 fully saturated rings. The Morgan fingerprint density at radius 3 is 2.83 bits per heavy atom. The summed E-state index contributed by atoms with van der Waals surface area (Å²) in [4.78, 5) is 15.4. The number of ether oxygens (including phenoxy) is 1. The molecule has 0 unspecified atom stereocenters. The predicted octanol–water partition coefficient (Wildman–Crippen LogP) is 0.709. The number of aromatic nitrogens is 2. The average Bonchev–Trinajstić information content (AvgIpc) is 2.69. The van der Waals surface area contributed by atoms with Crippen molar-refractivity contribution in [2.45, 2.75) is 31.2 Å². The second-order valence-electron chi connectivity index (χ2n) is 4.83. The maximum absolute atomic E-state index is 11.2. The molecular weight excluding hydrogens is 234 g/mol. The minimum atomic E-state index is -1.01. The van der Waals surface area contributed by atoms with Gasteiger partial charge in [0.15, 0.2) is 11.1 Å². The highest BCUT2D eigenvalue weighted by atomic mass is 16.5. The molecule has 2 aliphatic heterocycles. The van der Waals surface area contributed by atoms with Crippen molar-refractivity contribution in [3.8, 4) is 6.07 Å². The fourth-order valence-electron chi connectivity index (χ4n) is 2.63. The molecule has 6 heteroatoms. The number of carboxylic acid groups (broad SMARTS) is 1. The highest BCUT2D eigenvalue weighted by Crippen LogP contribution is 2.34. The van der Waals surface area contributed by atoms with Gasteiger partial charge in [0.05, 0.1) is 25.0 Å². The van der Waals surface area contributed by atoms with Gasteiger partial charge in [0, 0.05) is 6.54 Å². The number of rotatable bonds is 2. The Morgan fingerprint density at radius 1 is 1.50 bits per heavy atom. The summed E-state index contributed by atoms with van der Waals surface area (Å²) < 4.78 is 7.04. The number of aromatic carboxylic acids is 1. The monoisotopic (exact) mass is 247 g/mol. The van der Waals surface area contributed by atoms with Gasteiger partial charge in [0.25, 0.3) is 0 Å². The fraction of sp³-hybridized carbons (Fsp3) is 0.583. The van der Waals surface area contributed by atoms with Crippen molar-refractivity contribution in [2.75, 3.05) is 13.2 Å². The molecule has 2 aliphatic rings. The second-order valence-corrected chi connectivity index (χ2v) is 4.83. The quantitative estimate of drug-likeness (QED) is 0.831. The van der Waals surface area contributed by atoms with Crippen LogP contribution < -0.4 is 0 Å². The molecule has 3 rings (SSSR count). The molecule has 0 aromatic carbocycles. The first-order valence-electron chi connectivity index (χ1n) is 6.00. The van der Waals surface area contributed by atoms with E-state index in [1.807, 2.05) is 4.57 Å². The molecule has 1 saturated heterocycles. The molecular formula is C12H13N3O3. The molecule has 3 heterocycles. The van der Waals surface area contributed by atoms with Crippen LogP contribution in [0.2, 0.25) is 0 Å². The number of nitrogens with zero attached hydrogens (tertiary/aromatic N) is 3. The van der Waals surface area contributed by atoms with Crippen LogP contribution in [0.5, 0.6) is 0 Å². The Morgan fingerprint density at radius 2 is 2.28 bits per heavy atom. The van der Waals surface area contributed by atoms with Crippen molar-refractivity contribution < 1.29 is 14.6 Å². The minimum Gasteiger partial charge on any atom is -0.476 e. The number of carboxylic acids is 1. The zero-order valence-corrected chi connectivity index (χ0v) is 9.85. The van der Waals surface area contributed by atoms with Crippen LogP contribution in [0.4, 0.5) is 0 Å². The standard InChI is InChI=1S/C12H13N3O3/c13-5-12(6-18-7-12)11-14-9(10(16)17)8-3-1-2-4-15(8)11/h1-4,6-7H2,(H,16,17). The van der Waals surface area contributed by atoms with Crippen molar-refractivity contribution in [3.05, 3.63) is 17.2 Å². The Balaban J connectivity index is 2.16. The molecule has 0 saturated carbocycles. The lowest BCUT2D eigenvalue weighted by Crippen LogP contribution is -2.47. The van der Waals surface area contributed by atoms with Gasteiger partial charge in [-0.05, 0) is 19.3 Å². The van der Waals surface area contributed by atoms with Crippen LogP contribution in [0.1, 0.15) is 34.8 Å². The van der Waals surface area contributed by atoms with E-state index in [-0.39, 0.29) is 5.69 Å². The second kappa shape index (κ2) is 3.82. The zero-order chi connectivity index (χ0) is 12.8. The van der Waals surface area contributed by atoms with E-state index in [1.165, 1.54) is 0 Å². The smallest absolute Gasteiger partial charge is 0.356 e. The zero-order valence-electron chi connectivity index (χ0n) is 9.85. The summed E-state index contributed by atoms with van der Waals surface area (Å²) in [6.45, 7) is 1.35. The number of imidazole rings is 1. The molecule has 0 spiro atoms. The van der Waals surface area contributed by atoms with E-state index >= 15 is 0 Å². The largest absolute Gasteiger partial charge is 0.476 e. The maximum atomic E-state index is 11.2. The van der Waals surface area contributed by atoms with Gasteiger partial charge >= 0.3 is 5.97 Å². The van der Waals surface area contributed by atoms with Gasteiger partial charge in [-0.2, -0.15) is 5.26 Å². The van der Waals surface area contributed by atoms with Crippen LogP contribution >= 0.6 is 0 Å². The molecule has 0 bridgehead atoms. The number of hydrogen-bond donors (Lipinski definition) is 1. The number of nitriles is 1. The van der Waals surface area contributed by atoms with Crippen molar-refractivity contribution >= 4 is 5.97 Å². The molecule has 0 radical (unpaired) electrons. The first-order chi connectivity index (χ1) is 8.68. The van der Waals surface area contributed by atoms with E-state index in [0.29, 0.717) is 19.0 Å². The highest BCUT2D eigenvalue weighted by molar-refractivity contribution is 5.87. The predicted molar refractivity (Wildman–Crippen MR) is 60.2 cm³/mol. The van der Waals surface area contributed by atoms with Gasteiger partial charge < -0.3 is 14.4 Å². The molecule has 0 atom stereocenters. The average molecular weight is 247 g/mol. The SMILES string of the molecule is N#CC1(c2nc(C(=O)O)c3n2CCCC3)COC1. The van der Waals surface area contributed by atoms with E-state index in [0.717, 1.165) is 31.5 Å². The molecule has 0 aliphatic carbocycles. The lowest BCUT2D eigenvalue weighted by molar-refractivity contribution is -0.0356. The molecule has 1 aromatic rings. The Hall–Kier alpha value is -1.87. The van der Waals surface area contributed by atoms with Crippen LogP contribution in [0, 0.1) is 11.3 Å². The van der Waals surface area contributed by atoms with Crippen molar-refractivity contribution in [3.63, 3.8) is 0 Å². The fourth-order valence-corrected chi connectivity index (χ4v) is 2.63. The van der Waals surface area contributed by atoms with Crippen molar-refractivity contribution in [2.24, 2.45) is 0 Å². The summed E-state index contributed by atoms with van der Waals surface area (Å²) in [5.41, 5.74) is 0.108. The Kier molecular flexibility index (Phi) is 2.38. The van der Waals surface area contributed by atoms with E-state index < -0.39 is 11.4 Å². The molecule has 18 heavy (non-hydrogen) atoms. The van der Waals surface area contributed by atoms with Gasteiger partial charge in [-0.1, -0.05) is 0 Å². The maximum Gasteiger partial charge on any atom is 0.356 e. The van der Waals surface area contributed by atoms with Crippen molar-refractivity contribution in [1.82, 2.24) is 9.55 Å². The first-order valence-corrected chi connectivity index (χ1v) is 6.00. The lowest BCUT2D eigenvalue weighted by Gasteiger charge is -2.35. The summed E-state index contributed by atoms with van der Waals surface area (Å²) in [6, 6.07) is 2.23. The van der Waals surface area contributed by atoms with Crippen LogP contribution in [0.25, 0.3) is 0 Å². The third kappa shape index (κ3) is 1.37.